The van der Waals surface area contributed by atoms with Gasteiger partial charge in [0.05, 0.1) is 11.4 Å². The van der Waals surface area contributed by atoms with Gasteiger partial charge in [-0.25, -0.2) is 13.6 Å². The molecule has 2 amide bonds. The van der Waals surface area contributed by atoms with Gasteiger partial charge in [-0.3, -0.25) is 0 Å². The van der Waals surface area contributed by atoms with Crippen LogP contribution >= 0.6 is 0 Å². The first-order valence-corrected chi connectivity index (χ1v) is 3.31. The number of nitrogen functional groups attached to an aromatic ring is 1. The second-order valence-corrected chi connectivity index (χ2v) is 2.34. The van der Waals surface area contributed by atoms with Crippen LogP contribution in [-0.2, 0) is 0 Å². The lowest BCUT2D eigenvalue weighted by molar-refractivity contribution is 0.259. The van der Waals surface area contributed by atoms with E-state index in [1.807, 2.05) is 5.32 Å². The Kier molecular flexibility index (Phi) is 2.32. The summed E-state index contributed by atoms with van der Waals surface area (Å²) in [5.41, 5.74) is 9.41. The molecule has 1 aromatic rings. The van der Waals surface area contributed by atoms with Gasteiger partial charge in [0.2, 0.25) is 0 Å². The van der Waals surface area contributed by atoms with Crippen molar-refractivity contribution >= 4 is 17.4 Å². The van der Waals surface area contributed by atoms with Crippen LogP contribution in [0, 0.1) is 11.6 Å². The fraction of sp³-hybridized carbons (Fsp3) is 0. The van der Waals surface area contributed by atoms with Gasteiger partial charge < -0.3 is 16.8 Å². The molecule has 0 heterocycles. The molecule has 0 bridgehead atoms. The highest BCUT2D eigenvalue weighted by Crippen LogP contribution is 2.22. The Bertz CT molecular complexity index is 354. The second-order valence-electron chi connectivity index (χ2n) is 2.34. The molecule has 0 saturated carbocycles. The van der Waals surface area contributed by atoms with E-state index in [4.69, 9.17) is 11.5 Å². The molecule has 0 unspecified atom stereocenters. The molecule has 4 nitrogen and oxygen atoms in total. The number of rotatable bonds is 1. The Balaban J connectivity index is 3.12. The van der Waals surface area contributed by atoms with E-state index in [1.165, 1.54) is 0 Å². The minimum Gasteiger partial charge on any atom is -0.395 e. The molecule has 0 spiro atoms. The third kappa shape index (κ3) is 2.05. The fourth-order valence-electron chi connectivity index (χ4n) is 0.821. The highest BCUT2D eigenvalue weighted by Gasteiger charge is 2.08. The molecule has 0 aliphatic rings. The van der Waals surface area contributed by atoms with Crippen molar-refractivity contribution < 1.29 is 13.6 Å². The highest BCUT2D eigenvalue weighted by atomic mass is 19.1. The molecule has 1 rings (SSSR count). The van der Waals surface area contributed by atoms with Crippen molar-refractivity contribution in [1.82, 2.24) is 0 Å². The van der Waals surface area contributed by atoms with E-state index in [9.17, 15) is 13.6 Å². The standard InChI is InChI=1S/C7H7F2N3O/c8-3-1-4(9)6(10)5(2-3)12-7(11)13/h1-2H,10H2,(H3,11,12,13). The molecule has 0 radical (unpaired) electrons. The van der Waals surface area contributed by atoms with Crippen LogP contribution < -0.4 is 16.8 Å². The third-order valence-electron chi connectivity index (χ3n) is 1.35. The normalized spacial score (nSPS) is 9.69. The summed E-state index contributed by atoms with van der Waals surface area (Å²) in [6, 6.07) is 0.557. The molecule has 0 aromatic heterocycles. The average molecular weight is 187 g/mol. The number of urea groups is 1. The fourth-order valence-corrected chi connectivity index (χ4v) is 0.821. The predicted molar refractivity (Wildman–Crippen MR) is 44.0 cm³/mol. The van der Waals surface area contributed by atoms with Gasteiger partial charge in [-0.2, -0.15) is 0 Å². The number of anilines is 2. The molecule has 0 atom stereocenters. The molecular weight excluding hydrogens is 180 g/mol. The monoisotopic (exact) mass is 187 g/mol. The zero-order chi connectivity index (χ0) is 10.0. The van der Waals surface area contributed by atoms with E-state index in [-0.39, 0.29) is 11.4 Å². The van der Waals surface area contributed by atoms with Crippen LogP contribution in [0.4, 0.5) is 25.0 Å². The maximum atomic E-state index is 12.7. The molecule has 1 aromatic carbocycles. The zero-order valence-electron chi connectivity index (χ0n) is 6.47. The summed E-state index contributed by atoms with van der Waals surface area (Å²) in [5, 5.41) is 1.99. The number of benzene rings is 1. The van der Waals surface area contributed by atoms with Gasteiger partial charge in [0.15, 0.2) is 5.82 Å². The lowest BCUT2D eigenvalue weighted by atomic mass is 10.2. The lowest BCUT2D eigenvalue weighted by Crippen LogP contribution is -2.20. The van der Waals surface area contributed by atoms with Crippen LogP contribution in [0.2, 0.25) is 0 Å². The Labute approximate surface area is 72.5 Å². The van der Waals surface area contributed by atoms with Gasteiger partial charge in [0.1, 0.15) is 5.82 Å². The van der Waals surface area contributed by atoms with E-state index in [0.29, 0.717) is 6.07 Å². The van der Waals surface area contributed by atoms with Gasteiger partial charge in [-0.05, 0) is 6.07 Å². The van der Waals surface area contributed by atoms with Crippen molar-refractivity contribution in [2.24, 2.45) is 5.73 Å². The van der Waals surface area contributed by atoms with E-state index in [1.54, 1.807) is 0 Å². The molecule has 70 valence electrons. The first kappa shape index (κ1) is 9.24. The number of carbonyl (C=O) groups excluding carboxylic acids is 1. The number of primary amides is 1. The van der Waals surface area contributed by atoms with Gasteiger partial charge >= 0.3 is 6.03 Å². The highest BCUT2D eigenvalue weighted by molar-refractivity contribution is 5.91. The molecule has 0 fully saturated rings. The number of hydrogen-bond acceptors (Lipinski definition) is 2. The van der Waals surface area contributed by atoms with Crippen molar-refractivity contribution in [2.45, 2.75) is 0 Å². The van der Waals surface area contributed by atoms with Crippen LogP contribution in [0.3, 0.4) is 0 Å². The molecular formula is C7H7F2N3O. The zero-order valence-corrected chi connectivity index (χ0v) is 6.47. The molecule has 0 saturated heterocycles. The van der Waals surface area contributed by atoms with E-state index in [2.05, 4.69) is 0 Å². The summed E-state index contributed by atoms with van der Waals surface area (Å²) >= 11 is 0. The molecule has 13 heavy (non-hydrogen) atoms. The molecule has 5 N–H and O–H groups in total. The topological polar surface area (TPSA) is 81.1 Å². The molecule has 0 aliphatic carbocycles. The summed E-state index contributed by atoms with van der Waals surface area (Å²) < 4.78 is 25.3. The van der Waals surface area contributed by atoms with Crippen LogP contribution in [-0.4, -0.2) is 6.03 Å². The van der Waals surface area contributed by atoms with Gasteiger partial charge in [-0.15, -0.1) is 0 Å². The van der Waals surface area contributed by atoms with Gasteiger partial charge in [-0.1, -0.05) is 0 Å². The third-order valence-corrected chi connectivity index (χ3v) is 1.35. The minimum atomic E-state index is -0.941. The van der Waals surface area contributed by atoms with Crippen molar-refractivity contribution in [3.05, 3.63) is 23.8 Å². The Morgan fingerprint density at radius 3 is 2.54 bits per heavy atom. The lowest BCUT2D eigenvalue weighted by Gasteiger charge is -2.06. The number of hydrogen-bond donors (Lipinski definition) is 3. The number of halogens is 2. The summed E-state index contributed by atoms with van der Waals surface area (Å²) in [6.07, 6.45) is 0. The number of amides is 2. The molecule has 0 aliphatic heterocycles. The van der Waals surface area contributed by atoms with Crippen LogP contribution in [0.15, 0.2) is 12.1 Å². The van der Waals surface area contributed by atoms with Crippen molar-refractivity contribution in [2.75, 3.05) is 11.1 Å². The van der Waals surface area contributed by atoms with Crippen molar-refractivity contribution in [3.63, 3.8) is 0 Å². The first-order valence-electron chi connectivity index (χ1n) is 3.31. The predicted octanol–water partition coefficient (Wildman–Crippen LogP) is 1.04. The Morgan fingerprint density at radius 1 is 1.38 bits per heavy atom. The summed E-state index contributed by atoms with van der Waals surface area (Å²) in [4.78, 5) is 10.4. The van der Waals surface area contributed by atoms with Crippen LogP contribution in [0.1, 0.15) is 0 Å². The summed E-state index contributed by atoms with van der Waals surface area (Å²) in [7, 11) is 0. The average Bonchev–Trinajstić information content (AvgIpc) is 1.98. The molecule has 6 heteroatoms. The second kappa shape index (κ2) is 3.26. The van der Waals surface area contributed by atoms with E-state index < -0.39 is 17.7 Å². The number of nitrogens with one attached hydrogen (secondary N) is 1. The maximum absolute atomic E-state index is 12.7. The van der Waals surface area contributed by atoms with E-state index in [0.717, 1.165) is 6.07 Å². The maximum Gasteiger partial charge on any atom is 0.316 e. The smallest absolute Gasteiger partial charge is 0.316 e. The van der Waals surface area contributed by atoms with Gasteiger partial charge in [0, 0.05) is 6.07 Å². The Hall–Kier alpha value is -1.85. The summed E-state index contributed by atoms with van der Waals surface area (Å²) in [6.45, 7) is 0. The van der Waals surface area contributed by atoms with Crippen LogP contribution in [0.25, 0.3) is 0 Å². The largest absolute Gasteiger partial charge is 0.395 e. The first-order chi connectivity index (χ1) is 6.00. The SMILES string of the molecule is NC(=O)Nc1cc(F)cc(F)c1N. The number of carbonyl (C=O) groups is 1. The quantitative estimate of drug-likeness (QED) is 0.574. The van der Waals surface area contributed by atoms with Crippen molar-refractivity contribution in [1.29, 1.82) is 0 Å². The van der Waals surface area contributed by atoms with E-state index >= 15 is 0 Å². The minimum absolute atomic E-state index is 0.176. The van der Waals surface area contributed by atoms with Crippen LogP contribution in [0.5, 0.6) is 0 Å². The number of nitrogens with two attached hydrogens (primary N) is 2. The van der Waals surface area contributed by atoms with Crippen molar-refractivity contribution in [3.8, 4) is 0 Å². The Morgan fingerprint density at radius 2 is 2.00 bits per heavy atom. The van der Waals surface area contributed by atoms with Gasteiger partial charge in [0.25, 0.3) is 0 Å². The summed E-state index contributed by atoms with van der Waals surface area (Å²) in [5.74, 6) is -1.78.